The Morgan fingerprint density at radius 3 is 2.39 bits per heavy atom. The molecule has 0 radical (unpaired) electrons. The third kappa shape index (κ3) is 4.72. The third-order valence-electron chi connectivity index (χ3n) is 2.02. The highest BCUT2D eigenvalue weighted by atomic mass is 35.5. The highest BCUT2D eigenvalue weighted by Crippen LogP contribution is 2.34. The van der Waals surface area contributed by atoms with E-state index in [1.807, 2.05) is 13.8 Å². The molecule has 1 aromatic rings. The summed E-state index contributed by atoms with van der Waals surface area (Å²) < 4.78 is 5.50. The van der Waals surface area contributed by atoms with Gasteiger partial charge in [-0.25, -0.2) is 0 Å². The van der Waals surface area contributed by atoms with Crippen molar-refractivity contribution in [3.63, 3.8) is 0 Å². The molecule has 0 aliphatic rings. The van der Waals surface area contributed by atoms with Gasteiger partial charge in [-0.3, -0.25) is 4.79 Å². The van der Waals surface area contributed by atoms with Crippen LogP contribution >= 0.6 is 23.2 Å². The van der Waals surface area contributed by atoms with Crippen molar-refractivity contribution in [2.45, 2.75) is 26.5 Å². The molecule has 0 saturated carbocycles. The molecule has 0 heterocycles. The average Bonchev–Trinajstić information content (AvgIpc) is 2.22. The molecular weight excluding hydrogens is 277 g/mol. The Morgan fingerprint density at radius 2 is 1.94 bits per heavy atom. The van der Waals surface area contributed by atoms with Gasteiger partial charge in [-0.2, -0.15) is 0 Å². The predicted molar refractivity (Wildman–Crippen MR) is 71.6 cm³/mol. The molecule has 0 aliphatic carbocycles. The zero-order valence-corrected chi connectivity index (χ0v) is 11.7. The molecule has 100 valence electrons. The van der Waals surface area contributed by atoms with Crippen LogP contribution in [0.25, 0.3) is 0 Å². The van der Waals surface area contributed by atoms with Gasteiger partial charge in [-0.1, -0.05) is 23.2 Å². The van der Waals surface area contributed by atoms with E-state index >= 15 is 0 Å². The molecule has 6 heteroatoms. The van der Waals surface area contributed by atoms with Crippen LogP contribution in [-0.4, -0.2) is 23.7 Å². The van der Waals surface area contributed by atoms with Crippen LogP contribution in [0.3, 0.4) is 0 Å². The Bertz CT molecular complexity index is 412. The minimum atomic E-state index is -0.910. The van der Waals surface area contributed by atoms with Gasteiger partial charge in [-0.05, 0) is 31.5 Å². The van der Waals surface area contributed by atoms with Crippen molar-refractivity contribution in [2.75, 3.05) is 6.54 Å². The van der Waals surface area contributed by atoms with E-state index in [2.05, 4.69) is 5.32 Å². The Kier molecular flexibility index (Phi) is 5.72. The first-order valence-corrected chi connectivity index (χ1v) is 6.23. The summed E-state index contributed by atoms with van der Waals surface area (Å²) in [6.45, 7) is 4.04. The number of benzene rings is 1. The maximum atomic E-state index is 10.4. The van der Waals surface area contributed by atoms with Gasteiger partial charge in [0.2, 0.25) is 0 Å². The molecule has 0 unspecified atom stereocenters. The molecule has 0 fully saturated rings. The second-order valence-corrected chi connectivity index (χ2v) is 4.87. The van der Waals surface area contributed by atoms with E-state index in [1.165, 1.54) is 0 Å². The van der Waals surface area contributed by atoms with Gasteiger partial charge in [-0.15, -0.1) is 0 Å². The minimum Gasteiger partial charge on any atom is -0.488 e. The van der Waals surface area contributed by atoms with Crippen LogP contribution in [0, 0.1) is 0 Å². The lowest BCUT2D eigenvalue weighted by Crippen LogP contribution is -2.21. The SMILES string of the molecule is CC(C)Oc1c(Cl)cc(CNCC(=O)O)cc1Cl. The van der Waals surface area contributed by atoms with Crippen LogP contribution in [0.4, 0.5) is 0 Å². The van der Waals surface area contributed by atoms with Crippen molar-refractivity contribution >= 4 is 29.2 Å². The summed E-state index contributed by atoms with van der Waals surface area (Å²) in [5.41, 5.74) is 0.808. The highest BCUT2D eigenvalue weighted by Gasteiger charge is 2.11. The predicted octanol–water partition coefficient (Wildman–Crippen LogP) is 2.95. The monoisotopic (exact) mass is 291 g/mol. The van der Waals surface area contributed by atoms with Crippen molar-refractivity contribution in [1.29, 1.82) is 0 Å². The third-order valence-corrected chi connectivity index (χ3v) is 2.58. The van der Waals surface area contributed by atoms with Crippen LogP contribution in [-0.2, 0) is 11.3 Å². The fraction of sp³-hybridized carbons (Fsp3) is 0.417. The zero-order chi connectivity index (χ0) is 13.7. The largest absolute Gasteiger partial charge is 0.488 e. The topological polar surface area (TPSA) is 58.6 Å². The molecule has 2 N–H and O–H groups in total. The van der Waals surface area contributed by atoms with Crippen molar-refractivity contribution in [3.8, 4) is 5.75 Å². The highest BCUT2D eigenvalue weighted by molar-refractivity contribution is 6.37. The Hall–Kier alpha value is -0.970. The molecule has 4 nitrogen and oxygen atoms in total. The van der Waals surface area contributed by atoms with Crippen LogP contribution < -0.4 is 10.1 Å². The summed E-state index contributed by atoms with van der Waals surface area (Å²) in [6.07, 6.45) is -0.0176. The molecule has 0 amide bonds. The summed E-state index contributed by atoms with van der Waals surface area (Å²) in [6, 6.07) is 3.42. The van der Waals surface area contributed by atoms with Crippen LogP contribution in [0.15, 0.2) is 12.1 Å². The van der Waals surface area contributed by atoms with Gasteiger partial charge in [0.05, 0.1) is 22.7 Å². The molecule has 0 bridgehead atoms. The molecule has 0 saturated heterocycles. The van der Waals surface area contributed by atoms with Crippen LogP contribution in [0.2, 0.25) is 10.0 Å². The van der Waals surface area contributed by atoms with E-state index in [4.69, 9.17) is 33.0 Å². The van der Waals surface area contributed by atoms with Gasteiger partial charge in [0.15, 0.2) is 5.75 Å². The lowest BCUT2D eigenvalue weighted by molar-refractivity contribution is -0.135. The van der Waals surface area contributed by atoms with Crippen molar-refractivity contribution in [3.05, 3.63) is 27.7 Å². The van der Waals surface area contributed by atoms with E-state index in [1.54, 1.807) is 12.1 Å². The fourth-order valence-electron chi connectivity index (χ4n) is 1.38. The molecule has 0 aliphatic heterocycles. The number of carboxylic acid groups (broad SMARTS) is 1. The van der Waals surface area contributed by atoms with E-state index in [9.17, 15) is 4.79 Å². The number of hydrogen-bond donors (Lipinski definition) is 2. The van der Waals surface area contributed by atoms with Crippen molar-refractivity contribution in [2.24, 2.45) is 0 Å². The molecule has 18 heavy (non-hydrogen) atoms. The maximum absolute atomic E-state index is 10.4. The molecule has 0 atom stereocenters. The quantitative estimate of drug-likeness (QED) is 0.846. The smallest absolute Gasteiger partial charge is 0.317 e. The van der Waals surface area contributed by atoms with Crippen LogP contribution in [0.5, 0.6) is 5.75 Å². The number of aliphatic carboxylic acids is 1. The maximum Gasteiger partial charge on any atom is 0.317 e. The molecule has 1 aromatic carbocycles. The van der Waals surface area contributed by atoms with E-state index in [0.29, 0.717) is 22.3 Å². The second kappa shape index (κ2) is 6.83. The number of halogens is 2. The Labute approximate surface area is 116 Å². The van der Waals surface area contributed by atoms with Crippen molar-refractivity contribution in [1.82, 2.24) is 5.32 Å². The number of carboxylic acids is 1. The standard InChI is InChI=1S/C12H15Cl2NO3/c1-7(2)18-12-9(13)3-8(4-10(12)14)5-15-6-11(16)17/h3-4,7,15H,5-6H2,1-2H3,(H,16,17). The fourth-order valence-corrected chi connectivity index (χ4v) is 2.00. The Morgan fingerprint density at radius 1 is 1.39 bits per heavy atom. The van der Waals surface area contributed by atoms with E-state index in [0.717, 1.165) is 5.56 Å². The minimum absolute atomic E-state index is 0.0176. The zero-order valence-electron chi connectivity index (χ0n) is 10.2. The lowest BCUT2D eigenvalue weighted by Gasteiger charge is -2.14. The van der Waals surface area contributed by atoms with Gasteiger partial charge in [0.25, 0.3) is 0 Å². The number of ether oxygens (including phenoxy) is 1. The van der Waals surface area contributed by atoms with Gasteiger partial charge in [0, 0.05) is 6.54 Å². The summed E-state index contributed by atoms with van der Waals surface area (Å²) >= 11 is 12.1. The number of carbonyl (C=O) groups is 1. The number of hydrogen-bond acceptors (Lipinski definition) is 3. The normalized spacial score (nSPS) is 10.7. The lowest BCUT2D eigenvalue weighted by atomic mass is 10.2. The molecule has 0 spiro atoms. The van der Waals surface area contributed by atoms with Gasteiger partial charge < -0.3 is 15.2 Å². The first-order chi connectivity index (χ1) is 8.40. The summed E-state index contributed by atoms with van der Waals surface area (Å²) in [7, 11) is 0. The van der Waals surface area contributed by atoms with Crippen molar-refractivity contribution < 1.29 is 14.6 Å². The van der Waals surface area contributed by atoms with Gasteiger partial charge in [0.1, 0.15) is 0 Å². The second-order valence-electron chi connectivity index (χ2n) is 4.05. The number of nitrogens with one attached hydrogen (secondary N) is 1. The molecule has 1 rings (SSSR count). The van der Waals surface area contributed by atoms with Crippen LogP contribution in [0.1, 0.15) is 19.4 Å². The molecular formula is C12H15Cl2NO3. The summed E-state index contributed by atoms with van der Waals surface area (Å²) in [4.78, 5) is 10.4. The Balaban J connectivity index is 2.76. The first-order valence-electron chi connectivity index (χ1n) is 5.47. The van der Waals surface area contributed by atoms with Gasteiger partial charge >= 0.3 is 5.97 Å². The van der Waals surface area contributed by atoms with E-state index < -0.39 is 5.97 Å². The first kappa shape index (κ1) is 15.1. The average molecular weight is 292 g/mol. The number of rotatable bonds is 6. The molecule has 0 aromatic heterocycles. The van der Waals surface area contributed by atoms with E-state index in [-0.39, 0.29) is 12.6 Å². The summed E-state index contributed by atoms with van der Waals surface area (Å²) in [5.74, 6) is -0.456. The summed E-state index contributed by atoms with van der Waals surface area (Å²) in [5, 5.41) is 12.1.